The minimum Gasteiger partial charge on any atom is -0.390 e. The molecule has 3 fully saturated rings. The Labute approximate surface area is 173 Å². The number of carbonyl (C=O) groups excluding carboxylic acids is 2. The van der Waals surface area contributed by atoms with Gasteiger partial charge in [0.15, 0.2) is 16.6 Å². The SMILES string of the molecule is C[C@]12C=CC(=O)C=C1[C@@H](F)C[C@@H]1[C@]2(F)[C@@H](O)C[C@]2(C)[C@@H](C(=O)SCF)CC[C@@]12C. The van der Waals surface area contributed by atoms with Gasteiger partial charge in [0.25, 0.3) is 0 Å². The van der Waals surface area contributed by atoms with Crippen molar-refractivity contribution in [2.75, 3.05) is 6.01 Å². The average Bonchev–Trinajstić information content (AvgIpc) is 2.91. The van der Waals surface area contributed by atoms with Crippen LogP contribution in [0, 0.1) is 28.1 Å². The van der Waals surface area contributed by atoms with E-state index in [2.05, 4.69) is 0 Å². The van der Waals surface area contributed by atoms with Gasteiger partial charge < -0.3 is 5.11 Å². The predicted molar refractivity (Wildman–Crippen MR) is 105 cm³/mol. The van der Waals surface area contributed by atoms with Gasteiger partial charge in [-0.05, 0) is 61.2 Å². The molecule has 160 valence electrons. The second-order valence-electron chi connectivity index (χ2n) is 9.78. The van der Waals surface area contributed by atoms with Crippen LogP contribution in [0.2, 0.25) is 0 Å². The van der Waals surface area contributed by atoms with E-state index in [9.17, 15) is 19.1 Å². The van der Waals surface area contributed by atoms with E-state index in [-0.39, 0.29) is 29.3 Å². The van der Waals surface area contributed by atoms with Gasteiger partial charge in [-0.15, -0.1) is 0 Å². The van der Waals surface area contributed by atoms with Crippen LogP contribution in [0.25, 0.3) is 0 Å². The smallest absolute Gasteiger partial charge is 0.195 e. The molecule has 0 spiro atoms. The number of aliphatic hydroxyl groups is 1. The first-order chi connectivity index (χ1) is 13.5. The number of allylic oxidation sites excluding steroid dienone is 4. The van der Waals surface area contributed by atoms with E-state index < -0.39 is 52.0 Å². The summed E-state index contributed by atoms with van der Waals surface area (Å²) in [5.74, 6) is -1.70. The average molecular weight is 429 g/mol. The Hall–Kier alpha value is -1.08. The first-order valence-corrected chi connectivity index (χ1v) is 11.1. The topological polar surface area (TPSA) is 54.4 Å². The third-order valence-electron chi connectivity index (χ3n) is 8.94. The van der Waals surface area contributed by atoms with Crippen LogP contribution in [0.1, 0.15) is 46.5 Å². The number of fused-ring (bicyclic) bond motifs is 5. The van der Waals surface area contributed by atoms with Crippen molar-refractivity contribution in [3.8, 4) is 0 Å². The summed E-state index contributed by atoms with van der Waals surface area (Å²) in [6.45, 7) is 5.32. The fourth-order valence-electron chi connectivity index (χ4n) is 7.11. The lowest BCUT2D eigenvalue weighted by molar-refractivity contribution is -0.231. The molecule has 3 saturated carbocycles. The molecule has 0 aromatic carbocycles. The summed E-state index contributed by atoms with van der Waals surface area (Å²) < 4.78 is 45.1. The molecule has 0 radical (unpaired) electrons. The number of ketones is 1. The molecule has 4 rings (SSSR count). The molecule has 0 unspecified atom stereocenters. The van der Waals surface area contributed by atoms with Gasteiger partial charge in [0, 0.05) is 17.3 Å². The van der Waals surface area contributed by atoms with Crippen LogP contribution in [0.5, 0.6) is 0 Å². The first kappa shape index (κ1) is 21.2. The maximum atomic E-state index is 17.0. The van der Waals surface area contributed by atoms with Crippen molar-refractivity contribution in [2.24, 2.45) is 28.1 Å². The van der Waals surface area contributed by atoms with E-state index in [4.69, 9.17) is 0 Å². The Morgan fingerprint density at radius 2 is 2.00 bits per heavy atom. The Kier molecular flexibility index (Phi) is 4.71. The molecule has 0 heterocycles. The molecule has 0 bridgehead atoms. The Morgan fingerprint density at radius 1 is 1.31 bits per heavy atom. The van der Waals surface area contributed by atoms with Gasteiger partial charge in [0.2, 0.25) is 0 Å². The largest absolute Gasteiger partial charge is 0.390 e. The van der Waals surface area contributed by atoms with Crippen LogP contribution in [-0.4, -0.2) is 40.0 Å². The third kappa shape index (κ3) is 2.43. The minimum atomic E-state index is -2.15. The standard InChI is InChI=1S/C22H27F3O3S/c1-19-6-4-12(26)8-14(19)15(24)9-16-20(2)7-5-13(18(28)29-11-23)21(20,3)10-17(27)22(16,19)25/h4,6,8,13,15-17,27H,5,7,9-11H2,1-3H3/t13-,15+,16+,17+,19+,20+,21-,22+/m1/s1. The summed E-state index contributed by atoms with van der Waals surface area (Å²) in [4.78, 5) is 24.4. The summed E-state index contributed by atoms with van der Waals surface area (Å²) in [5.41, 5.74) is -4.97. The zero-order valence-corrected chi connectivity index (χ0v) is 17.7. The van der Waals surface area contributed by atoms with E-state index in [0.717, 1.165) is 0 Å². The number of hydrogen-bond donors (Lipinski definition) is 1. The molecular weight excluding hydrogens is 401 g/mol. The highest BCUT2D eigenvalue weighted by Gasteiger charge is 2.76. The van der Waals surface area contributed by atoms with Crippen molar-refractivity contribution in [1.29, 1.82) is 0 Å². The van der Waals surface area contributed by atoms with Crippen LogP contribution in [-0.2, 0) is 9.59 Å². The van der Waals surface area contributed by atoms with Crippen molar-refractivity contribution in [2.45, 2.75) is 64.4 Å². The molecule has 3 nitrogen and oxygen atoms in total. The van der Waals surface area contributed by atoms with Gasteiger partial charge in [-0.2, -0.15) is 0 Å². The molecule has 0 aromatic rings. The monoisotopic (exact) mass is 428 g/mol. The number of alkyl halides is 3. The number of thioether (sulfide) groups is 1. The number of carbonyl (C=O) groups is 2. The van der Waals surface area contributed by atoms with E-state index in [0.29, 0.717) is 24.6 Å². The highest BCUT2D eigenvalue weighted by Crippen LogP contribution is 2.74. The van der Waals surface area contributed by atoms with Crippen LogP contribution in [0.15, 0.2) is 23.8 Å². The van der Waals surface area contributed by atoms with Crippen molar-refractivity contribution in [3.05, 3.63) is 23.8 Å². The summed E-state index contributed by atoms with van der Waals surface area (Å²) in [7, 11) is 0. The Bertz CT molecular complexity index is 828. The molecule has 7 heteroatoms. The van der Waals surface area contributed by atoms with Gasteiger partial charge in [-0.1, -0.05) is 31.7 Å². The van der Waals surface area contributed by atoms with Crippen molar-refractivity contribution < 1.29 is 27.9 Å². The zero-order chi connectivity index (χ0) is 21.4. The molecule has 29 heavy (non-hydrogen) atoms. The lowest BCUT2D eigenvalue weighted by atomic mass is 9.40. The van der Waals surface area contributed by atoms with Crippen LogP contribution in [0.4, 0.5) is 13.2 Å². The Morgan fingerprint density at radius 3 is 2.66 bits per heavy atom. The van der Waals surface area contributed by atoms with E-state index >= 15 is 8.78 Å². The van der Waals surface area contributed by atoms with Crippen LogP contribution >= 0.6 is 11.8 Å². The van der Waals surface area contributed by atoms with E-state index in [1.165, 1.54) is 18.2 Å². The number of aliphatic hydroxyl groups excluding tert-OH is 1. The second kappa shape index (κ2) is 6.46. The molecule has 4 aliphatic carbocycles. The maximum Gasteiger partial charge on any atom is 0.195 e. The minimum absolute atomic E-state index is 0.0430. The van der Waals surface area contributed by atoms with Gasteiger partial charge in [-0.3, -0.25) is 9.59 Å². The molecule has 0 aliphatic heterocycles. The summed E-state index contributed by atoms with van der Waals surface area (Å²) >= 11 is 0.617. The van der Waals surface area contributed by atoms with Crippen molar-refractivity contribution in [3.63, 3.8) is 0 Å². The highest BCUT2D eigenvalue weighted by molar-refractivity contribution is 8.13. The molecule has 8 atom stereocenters. The predicted octanol–water partition coefficient (Wildman–Crippen LogP) is 4.50. The normalized spacial score (nSPS) is 51.1. The summed E-state index contributed by atoms with van der Waals surface area (Å²) in [6, 6.07) is -0.821. The number of hydrogen-bond acceptors (Lipinski definition) is 4. The molecule has 4 aliphatic rings. The van der Waals surface area contributed by atoms with Gasteiger partial charge in [0.05, 0.1) is 6.10 Å². The van der Waals surface area contributed by atoms with Crippen LogP contribution < -0.4 is 0 Å². The number of rotatable bonds is 2. The first-order valence-electron chi connectivity index (χ1n) is 10.1. The third-order valence-corrected chi connectivity index (χ3v) is 9.62. The second-order valence-corrected chi connectivity index (χ2v) is 10.7. The molecule has 0 amide bonds. The van der Waals surface area contributed by atoms with Crippen LogP contribution in [0.3, 0.4) is 0 Å². The van der Waals surface area contributed by atoms with Crippen molar-refractivity contribution in [1.82, 2.24) is 0 Å². The van der Waals surface area contributed by atoms with Gasteiger partial charge >= 0.3 is 0 Å². The van der Waals surface area contributed by atoms with Gasteiger partial charge in [0.1, 0.15) is 12.2 Å². The maximum absolute atomic E-state index is 17.0. The lowest BCUT2D eigenvalue weighted by Crippen LogP contribution is -2.71. The zero-order valence-electron chi connectivity index (χ0n) is 16.9. The fraction of sp³-hybridized carbons (Fsp3) is 0.727. The summed E-state index contributed by atoms with van der Waals surface area (Å²) in [5, 5.41) is 10.9. The lowest BCUT2D eigenvalue weighted by Gasteiger charge is -2.66. The quantitative estimate of drug-likeness (QED) is 0.704. The molecule has 0 aromatic heterocycles. The highest BCUT2D eigenvalue weighted by atomic mass is 32.2. The van der Waals surface area contributed by atoms with Gasteiger partial charge in [-0.25, -0.2) is 13.2 Å². The number of halogens is 3. The molecule has 0 saturated heterocycles. The fourth-order valence-corrected chi connectivity index (χ4v) is 7.79. The molecular formula is C22H27F3O3S. The van der Waals surface area contributed by atoms with Crippen molar-refractivity contribution >= 4 is 22.7 Å². The molecule has 1 N–H and O–H groups in total. The van der Waals surface area contributed by atoms with E-state index in [1.54, 1.807) is 6.92 Å². The summed E-state index contributed by atoms with van der Waals surface area (Å²) in [6.07, 6.45) is 1.81. The Balaban J connectivity index is 1.84. The van der Waals surface area contributed by atoms with E-state index in [1.807, 2.05) is 13.8 Å².